The van der Waals surface area contributed by atoms with Crippen LogP contribution in [0.2, 0.25) is 0 Å². The van der Waals surface area contributed by atoms with Crippen molar-refractivity contribution in [3.63, 3.8) is 0 Å². The van der Waals surface area contributed by atoms with Crippen LogP contribution < -0.4 is 10.6 Å². The number of aryl methyl sites for hydroxylation is 1. The molecule has 3 N–H and O–H groups in total. The van der Waals surface area contributed by atoms with Gasteiger partial charge in [0.15, 0.2) is 5.82 Å². The summed E-state index contributed by atoms with van der Waals surface area (Å²) in [5.74, 6) is 1.12. The Bertz CT molecular complexity index is 365. The Morgan fingerprint density at radius 2 is 2.00 bits per heavy atom. The number of nitrogens with zero attached hydrogens (tertiary/aromatic N) is 1. The molecule has 1 aliphatic heterocycles. The van der Waals surface area contributed by atoms with E-state index in [1.807, 2.05) is 0 Å². The molecule has 1 fully saturated rings. The maximum atomic E-state index is 4.48. The van der Waals surface area contributed by atoms with E-state index in [1.165, 1.54) is 56.2 Å². The number of aromatic amines is 1. The minimum absolute atomic E-state index is 0.563. The van der Waals surface area contributed by atoms with E-state index in [0.717, 1.165) is 18.9 Å². The lowest BCUT2D eigenvalue weighted by atomic mass is 9.98. The van der Waals surface area contributed by atoms with Gasteiger partial charge in [0.2, 0.25) is 0 Å². The summed E-state index contributed by atoms with van der Waals surface area (Å²) < 4.78 is 0. The van der Waals surface area contributed by atoms with Crippen molar-refractivity contribution in [1.29, 1.82) is 0 Å². The molecule has 1 aliphatic carbocycles. The third kappa shape index (κ3) is 2.46. The number of nitrogens with one attached hydrogen (secondary N) is 3. The molecule has 4 heteroatoms. The summed E-state index contributed by atoms with van der Waals surface area (Å²) in [7, 11) is 0. The van der Waals surface area contributed by atoms with Crippen molar-refractivity contribution in [3.05, 3.63) is 11.3 Å². The van der Waals surface area contributed by atoms with Gasteiger partial charge in [0.05, 0.1) is 0 Å². The smallest absolute Gasteiger partial charge is 0.151 e. The Hall–Kier alpha value is -1.03. The first-order valence-corrected chi connectivity index (χ1v) is 6.97. The van der Waals surface area contributed by atoms with E-state index < -0.39 is 0 Å². The van der Waals surface area contributed by atoms with Gasteiger partial charge in [-0.1, -0.05) is 12.8 Å². The second kappa shape index (κ2) is 5.08. The molecule has 0 radical (unpaired) electrons. The Balaban J connectivity index is 1.74. The SMILES string of the molecule is C1CCCc2c(NC3CCNC3)n[nH]c2CC1. The molecule has 0 spiro atoms. The van der Waals surface area contributed by atoms with Gasteiger partial charge in [-0.25, -0.2) is 0 Å². The lowest BCUT2D eigenvalue weighted by molar-refractivity contribution is 0.612. The van der Waals surface area contributed by atoms with E-state index in [2.05, 4.69) is 20.8 Å². The second-order valence-corrected chi connectivity index (χ2v) is 5.28. The molecular weight excluding hydrogens is 212 g/mol. The lowest BCUT2D eigenvalue weighted by Gasteiger charge is -2.14. The molecule has 0 bridgehead atoms. The van der Waals surface area contributed by atoms with Gasteiger partial charge in [0.1, 0.15) is 0 Å². The molecule has 0 amide bonds. The highest BCUT2D eigenvalue weighted by molar-refractivity contribution is 5.48. The highest BCUT2D eigenvalue weighted by Crippen LogP contribution is 2.25. The Morgan fingerprint density at radius 1 is 1.12 bits per heavy atom. The summed E-state index contributed by atoms with van der Waals surface area (Å²) in [5, 5.41) is 14.7. The van der Waals surface area contributed by atoms with Crippen molar-refractivity contribution in [2.45, 2.75) is 51.0 Å². The Morgan fingerprint density at radius 3 is 2.82 bits per heavy atom. The quantitative estimate of drug-likeness (QED) is 0.732. The van der Waals surface area contributed by atoms with E-state index in [4.69, 9.17) is 0 Å². The fourth-order valence-corrected chi connectivity index (χ4v) is 2.93. The molecular formula is C13H22N4. The van der Waals surface area contributed by atoms with Gasteiger partial charge in [0, 0.05) is 23.8 Å². The molecule has 1 atom stereocenters. The summed E-state index contributed by atoms with van der Waals surface area (Å²) >= 11 is 0. The average Bonchev–Trinajstić information content (AvgIpc) is 2.90. The number of hydrogen-bond acceptors (Lipinski definition) is 3. The van der Waals surface area contributed by atoms with E-state index in [1.54, 1.807) is 0 Å². The summed E-state index contributed by atoms with van der Waals surface area (Å²) in [5.41, 5.74) is 2.83. The standard InChI is InChI=1S/C13H22N4/c1-2-4-6-12-11(5-3-1)13(17-16-12)15-10-7-8-14-9-10/h10,14H,1-9H2,(H2,15,16,17). The zero-order valence-electron chi connectivity index (χ0n) is 10.4. The van der Waals surface area contributed by atoms with Crippen LogP contribution in [-0.4, -0.2) is 29.3 Å². The maximum absolute atomic E-state index is 4.48. The minimum Gasteiger partial charge on any atom is -0.364 e. The van der Waals surface area contributed by atoms with E-state index >= 15 is 0 Å². The predicted molar refractivity (Wildman–Crippen MR) is 69.4 cm³/mol. The fraction of sp³-hybridized carbons (Fsp3) is 0.769. The van der Waals surface area contributed by atoms with Crippen LogP contribution in [0, 0.1) is 0 Å². The Kier molecular flexibility index (Phi) is 3.31. The molecule has 94 valence electrons. The van der Waals surface area contributed by atoms with Crippen molar-refractivity contribution in [2.24, 2.45) is 0 Å². The molecule has 1 unspecified atom stereocenters. The highest BCUT2D eigenvalue weighted by Gasteiger charge is 2.19. The zero-order valence-corrected chi connectivity index (χ0v) is 10.4. The van der Waals surface area contributed by atoms with Gasteiger partial charge in [-0.2, -0.15) is 5.10 Å². The van der Waals surface area contributed by atoms with Gasteiger partial charge in [-0.15, -0.1) is 0 Å². The highest BCUT2D eigenvalue weighted by atomic mass is 15.2. The van der Waals surface area contributed by atoms with Crippen molar-refractivity contribution < 1.29 is 0 Å². The first kappa shape index (κ1) is 11.1. The monoisotopic (exact) mass is 234 g/mol. The molecule has 0 saturated carbocycles. The topological polar surface area (TPSA) is 52.7 Å². The van der Waals surface area contributed by atoms with E-state index in [9.17, 15) is 0 Å². The molecule has 1 aromatic rings. The van der Waals surface area contributed by atoms with Gasteiger partial charge < -0.3 is 10.6 Å². The summed E-state index contributed by atoms with van der Waals surface area (Å²) in [6.45, 7) is 2.20. The predicted octanol–water partition coefficient (Wildman–Crippen LogP) is 1.84. The number of hydrogen-bond donors (Lipinski definition) is 3. The van der Waals surface area contributed by atoms with Gasteiger partial charge in [0.25, 0.3) is 0 Å². The zero-order chi connectivity index (χ0) is 11.5. The van der Waals surface area contributed by atoms with E-state index in [-0.39, 0.29) is 0 Å². The van der Waals surface area contributed by atoms with Crippen molar-refractivity contribution in [3.8, 4) is 0 Å². The molecule has 3 rings (SSSR count). The lowest BCUT2D eigenvalue weighted by Crippen LogP contribution is -2.23. The molecule has 2 aliphatic rings. The molecule has 1 aromatic heterocycles. The van der Waals surface area contributed by atoms with Crippen LogP contribution in [0.25, 0.3) is 0 Å². The third-order valence-corrected chi connectivity index (χ3v) is 3.96. The number of H-pyrrole nitrogens is 1. The number of aromatic nitrogens is 2. The van der Waals surface area contributed by atoms with E-state index in [0.29, 0.717) is 6.04 Å². The van der Waals surface area contributed by atoms with Crippen molar-refractivity contribution >= 4 is 5.82 Å². The van der Waals surface area contributed by atoms with Crippen LogP contribution in [0.4, 0.5) is 5.82 Å². The van der Waals surface area contributed by atoms with Crippen LogP contribution in [0.15, 0.2) is 0 Å². The van der Waals surface area contributed by atoms with Crippen LogP contribution in [-0.2, 0) is 12.8 Å². The molecule has 0 aromatic carbocycles. The molecule has 17 heavy (non-hydrogen) atoms. The maximum Gasteiger partial charge on any atom is 0.151 e. The van der Waals surface area contributed by atoms with Crippen LogP contribution in [0.5, 0.6) is 0 Å². The molecule has 1 saturated heterocycles. The number of anilines is 1. The van der Waals surface area contributed by atoms with Crippen molar-refractivity contribution in [2.75, 3.05) is 18.4 Å². The summed E-state index contributed by atoms with van der Waals surface area (Å²) in [6.07, 6.45) is 8.93. The Labute approximate surface area is 103 Å². The first-order valence-electron chi connectivity index (χ1n) is 6.97. The number of rotatable bonds is 2. The fourth-order valence-electron chi connectivity index (χ4n) is 2.93. The van der Waals surface area contributed by atoms with Crippen LogP contribution in [0.1, 0.15) is 43.4 Å². The molecule has 4 nitrogen and oxygen atoms in total. The van der Waals surface area contributed by atoms with Crippen LogP contribution in [0.3, 0.4) is 0 Å². The second-order valence-electron chi connectivity index (χ2n) is 5.28. The third-order valence-electron chi connectivity index (χ3n) is 3.96. The van der Waals surface area contributed by atoms with Crippen molar-refractivity contribution in [1.82, 2.24) is 15.5 Å². The minimum atomic E-state index is 0.563. The number of fused-ring (bicyclic) bond motifs is 1. The largest absolute Gasteiger partial charge is 0.364 e. The summed E-state index contributed by atoms with van der Waals surface area (Å²) in [4.78, 5) is 0. The van der Waals surface area contributed by atoms with Gasteiger partial charge >= 0.3 is 0 Å². The van der Waals surface area contributed by atoms with Gasteiger partial charge in [-0.05, 0) is 38.6 Å². The average molecular weight is 234 g/mol. The van der Waals surface area contributed by atoms with Gasteiger partial charge in [-0.3, -0.25) is 5.10 Å². The summed E-state index contributed by atoms with van der Waals surface area (Å²) in [6, 6.07) is 0.563. The first-order chi connectivity index (χ1) is 8.43. The molecule has 2 heterocycles. The van der Waals surface area contributed by atoms with Crippen LogP contribution >= 0.6 is 0 Å². The normalized spacial score (nSPS) is 25.1.